The highest BCUT2D eigenvalue weighted by molar-refractivity contribution is 5.77. The molecule has 136 valence electrons. The van der Waals surface area contributed by atoms with Crippen molar-refractivity contribution in [1.29, 1.82) is 0 Å². The summed E-state index contributed by atoms with van der Waals surface area (Å²) in [6.07, 6.45) is -0.355. The SMILES string of the molecule is Cc1ccc2c(c1)nc(C)n2C1CCN(C(=O)OC(C)(C)C)CC1O. The van der Waals surface area contributed by atoms with Gasteiger partial charge in [-0.25, -0.2) is 9.78 Å². The second-order valence-electron chi connectivity index (χ2n) is 7.87. The number of aromatic nitrogens is 2. The van der Waals surface area contributed by atoms with E-state index in [9.17, 15) is 9.90 Å². The molecule has 2 atom stereocenters. The van der Waals surface area contributed by atoms with E-state index in [1.165, 1.54) is 0 Å². The van der Waals surface area contributed by atoms with Crippen LogP contribution in [0.4, 0.5) is 4.79 Å². The molecule has 0 bridgehead atoms. The first-order valence-corrected chi connectivity index (χ1v) is 8.77. The number of aryl methyl sites for hydroxylation is 2. The number of hydrogen-bond donors (Lipinski definition) is 1. The predicted molar refractivity (Wildman–Crippen MR) is 96.7 cm³/mol. The molecule has 2 heterocycles. The van der Waals surface area contributed by atoms with Crippen molar-refractivity contribution in [3.63, 3.8) is 0 Å². The van der Waals surface area contributed by atoms with Crippen molar-refractivity contribution in [2.24, 2.45) is 0 Å². The van der Waals surface area contributed by atoms with E-state index < -0.39 is 11.7 Å². The average Bonchev–Trinajstić information content (AvgIpc) is 2.80. The van der Waals surface area contributed by atoms with E-state index in [1.54, 1.807) is 4.90 Å². The fourth-order valence-electron chi connectivity index (χ4n) is 3.46. The number of imidazole rings is 1. The van der Waals surface area contributed by atoms with Crippen molar-refractivity contribution in [1.82, 2.24) is 14.5 Å². The smallest absolute Gasteiger partial charge is 0.410 e. The predicted octanol–water partition coefficient (Wildman–Crippen LogP) is 3.20. The molecular weight excluding hydrogens is 318 g/mol. The number of carbonyl (C=O) groups excluding carboxylic acids is 1. The Morgan fingerprint density at radius 2 is 2.04 bits per heavy atom. The summed E-state index contributed by atoms with van der Waals surface area (Å²) in [5.74, 6) is 0.885. The maximum absolute atomic E-state index is 12.2. The Balaban J connectivity index is 1.81. The van der Waals surface area contributed by atoms with E-state index in [4.69, 9.17) is 4.74 Å². The van der Waals surface area contributed by atoms with Crippen molar-refractivity contribution in [2.75, 3.05) is 13.1 Å². The van der Waals surface area contributed by atoms with Crippen LogP contribution in [-0.4, -0.2) is 50.4 Å². The number of ether oxygens (including phenoxy) is 1. The third kappa shape index (κ3) is 3.63. The van der Waals surface area contributed by atoms with Gasteiger partial charge in [-0.05, 0) is 58.7 Å². The molecule has 1 amide bonds. The third-order valence-corrected chi connectivity index (χ3v) is 4.55. The Bertz CT molecular complexity index is 791. The number of amides is 1. The van der Waals surface area contributed by atoms with Crippen molar-refractivity contribution in [2.45, 2.75) is 58.8 Å². The highest BCUT2D eigenvalue weighted by Gasteiger charge is 2.34. The lowest BCUT2D eigenvalue weighted by Gasteiger charge is -2.37. The monoisotopic (exact) mass is 345 g/mol. The Morgan fingerprint density at radius 1 is 1.32 bits per heavy atom. The first kappa shape index (κ1) is 17.7. The maximum atomic E-state index is 12.2. The molecule has 6 heteroatoms. The minimum absolute atomic E-state index is 0.0913. The van der Waals surface area contributed by atoms with Gasteiger partial charge in [0.1, 0.15) is 11.4 Å². The van der Waals surface area contributed by atoms with E-state index in [-0.39, 0.29) is 18.7 Å². The molecule has 1 N–H and O–H groups in total. The zero-order chi connectivity index (χ0) is 18.4. The number of benzene rings is 1. The summed E-state index contributed by atoms with van der Waals surface area (Å²) in [5.41, 5.74) is 2.60. The van der Waals surface area contributed by atoms with Gasteiger partial charge in [0.2, 0.25) is 0 Å². The number of fused-ring (bicyclic) bond motifs is 1. The zero-order valence-electron chi connectivity index (χ0n) is 15.6. The quantitative estimate of drug-likeness (QED) is 0.862. The van der Waals surface area contributed by atoms with Gasteiger partial charge in [0.05, 0.1) is 29.7 Å². The molecule has 0 aliphatic carbocycles. The molecule has 3 rings (SSSR count). The van der Waals surface area contributed by atoms with Crippen LogP contribution in [0.15, 0.2) is 18.2 Å². The molecule has 1 saturated heterocycles. The van der Waals surface area contributed by atoms with E-state index in [0.717, 1.165) is 22.4 Å². The summed E-state index contributed by atoms with van der Waals surface area (Å²) in [4.78, 5) is 18.5. The molecule has 25 heavy (non-hydrogen) atoms. The fraction of sp³-hybridized carbons (Fsp3) is 0.579. The van der Waals surface area contributed by atoms with E-state index in [1.807, 2.05) is 34.6 Å². The number of aliphatic hydroxyl groups is 1. The van der Waals surface area contributed by atoms with Crippen molar-refractivity contribution in [3.8, 4) is 0 Å². The summed E-state index contributed by atoms with van der Waals surface area (Å²) in [7, 11) is 0. The Morgan fingerprint density at radius 3 is 2.68 bits per heavy atom. The fourth-order valence-corrected chi connectivity index (χ4v) is 3.46. The molecule has 1 aromatic heterocycles. The topological polar surface area (TPSA) is 67.6 Å². The first-order valence-electron chi connectivity index (χ1n) is 8.77. The van der Waals surface area contributed by atoms with Gasteiger partial charge in [-0.3, -0.25) is 0 Å². The van der Waals surface area contributed by atoms with Gasteiger partial charge in [0.15, 0.2) is 0 Å². The highest BCUT2D eigenvalue weighted by Crippen LogP contribution is 2.30. The molecule has 2 unspecified atom stereocenters. The summed E-state index contributed by atoms with van der Waals surface area (Å²) >= 11 is 0. The van der Waals surface area contributed by atoms with Crippen molar-refractivity contribution in [3.05, 3.63) is 29.6 Å². The number of aliphatic hydroxyl groups excluding tert-OH is 1. The number of β-amino-alcohol motifs (C(OH)–C–C–N with tert-alkyl or cyclic N) is 1. The standard InChI is InChI=1S/C19H27N3O3/c1-12-6-7-15-14(10-12)20-13(2)22(15)16-8-9-21(11-17(16)23)18(24)25-19(3,4)5/h6-7,10,16-17,23H,8-9,11H2,1-5H3. The van der Waals surface area contributed by atoms with Crippen LogP contribution >= 0.6 is 0 Å². The number of nitrogens with zero attached hydrogens (tertiary/aromatic N) is 3. The Kier molecular flexibility index (Phi) is 4.49. The summed E-state index contributed by atoms with van der Waals surface area (Å²) in [6.45, 7) is 10.4. The van der Waals surface area contributed by atoms with Gasteiger partial charge >= 0.3 is 6.09 Å². The highest BCUT2D eigenvalue weighted by atomic mass is 16.6. The van der Waals surface area contributed by atoms with Gasteiger partial charge in [-0.15, -0.1) is 0 Å². The van der Waals surface area contributed by atoms with E-state index in [2.05, 4.69) is 27.8 Å². The van der Waals surface area contributed by atoms with Gasteiger partial charge in [0, 0.05) is 6.54 Å². The lowest BCUT2D eigenvalue weighted by Crippen LogP contribution is -2.48. The van der Waals surface area contributed by atoms with Crippen LogP contribution in [0, 0.1) is 13.8 Å². The molecule has 1 aromatic carbocycles. The molecule has 2 aromatic rings. The van der Waals surface area contributed by atoms with Crippen LogP contribution in [0.3, 0.4) is 0 Å². The third-order valence-electron chi connectivity index (χ3n) is 4.55. The number of hydrogen-bond acceptors (Lipinski definition) is 4. The Labute approximate surface area is 148 Å². The Hall–Kier alpha value is -2.08. The van der Waals surface area contributed by atoms with Gasteiger partial charge in [-0.1, -0.05) is 6.07 Å². The lowest BCUT2D eigenvalue weighted by molar-refractivity contribution is -0.00965. The maximum Gasteiger partial charge on any atom is 0.410 e. The summed E-state index contributed by atoms with van der Waals surface area (Å²) < 4.78 is 7.52. The van der Waals surface area contributed by atoms with Crippen molar-refractivity contribution >= 4 is 17.1 Å². The second kappa shape index (κ2) is 6.33. The second-order valence-corrected chi connectivity index (χ2v) is 7.87. The molecule has 1 fully saturated rings. The first-order chi connectivity index (χ1) is 11.7. The van der Waals surface area contributed by atoms with Crippen LogP contribution in [0.5, 0.6) is 0 Å². The van der Waals surface area contributed by atoms with Crippen LogP contribution in [0.25, 0.3) is 11.0 Å². The lowest BCUT2D eigenvalue weighted by atomic mass is 10.0. The molecular formula is C19H27N3O3. The molecule has 6 nitrogen and oxygen atoms in total. The normalized spacial score (nSPS) is 21.6. The van der Waals surface area contributed by atoms with Crippen LogP contribution < -0.4 is 0 Å². The molecule has 1 aliphatic heterocycles. The summed E-state index contributed by atoms with van der Waals surface area (Å²) in [5, 5.41) is 10.7. The molecule has 0 spiro atoms. The van der Waals surface area contributed by atoms with Crippen LogP contribution in [0.2, 0.25) is 0 Å². The number of carbonyl (C=O) groups is 1. The van der Waals surface area contributed by atoms with E-state index >= 15 is 0 Å². The molecule has 1 aliphatic rings. The van der Waals surface area contributed by atoms with Gasteiger partial charge in [0.25, 0.3) is 0 Å². The van der Waals surface area contributed by atoms with Gasteiger partial charge in [-0.2, -0.15) is 0 Å². The van der Waals surface area contributed by atoms with Crippen molar-refractivity contribution < 1.29 is 14.6 Å². The van der Waals surface area contributed by atoms with Crippen LogP contribution in [0.1, 0.15) is 44.6 Å². The van der Waals surface area contributed by atoms with Crippen LogP contribution in [-0.2, 0) is 4.74 Å². The largest absolute Gasteiger partial charge is 0.444 e. The number of likely N-dealkylation sites (tertiary alicyclic amines) is 1. The minimum Gasteiger partial charge on any atom is -0.444 e. The van der Waals surface area contributed by atoms with E-state index in [0.29, 0.717) is 13.0 Å². The van der Waals surface area contributed by atoms with Gasteiger partial charge < -0.3 is 19.3 Å². The minimum atomic E-state index is -0.654. The molecule has 0 saturated carbocycles. The average molecular weight is 345 g/mol. The number of rotatable bonds is 1. The number of piperidine rings is 1. The zero-order valence-corrected chi connectivity index (χ0v) is 15.6. The summed E-state index contributed by atoms with van der Waals surface area (Å²) in [6, 6.07) is 6.08. The molecule has 0 radical (unpaired) electrons.